The SMILES string of the molecule is CCOC(=O)C(C/C(Br)=C/C(C)=O)NS(=O)(=O)c1ccc(C)cc1. The van der Waals surface area contributed by atoms with Gasteiger partial charge < -0.3 is 4.74 Å². The van der Waals surface area contributed by atoms with Crippen molar-refractivity contribution in [1.29, 1.82) is 0 Å². The summed E-state index contributed by atoms with van der Waals surface area (Å²) in [6.07, 6.45) is 1.26. The van der Waals surface area contributed by atoms with Crippen LogP contribution in [0, 0.1) is 6.92 Å². The van der Waals surface area contributed by atoms with E-state index in [9.17, 15) is 18.0 Å². The molecular formula is C16H20BrNO5S. The van der Waals surface area contributed by atoms with Gasteiger partial charge in [-0.2, -0.15) is 4.72 Å². The molecule has 0 saturated heterocycles. The van der Waals surface area contributed by atoms with E-state index in [0.29, 0.717) is 4.48 Å². The average molecular weight is 418 g/mol. The first kappa shape index (κ1) is 20.5. The third-order valence-corrected chi connectivity index (χ3v) is 5.00. The number of halogens is 1. The summed E-state index contributed by atoms with van der Waals surface area (Å²) in [6.45, 7) is 4.95. The number of carbonyl (C=O) groups excluding carboxylic acids is 2. The minimum Gasteiger partial charge on any atom is -0.465 e. The van der Waals surface area contributed by atoms with Crippen LogP contribution >= 0.6 is 15.9 Å². The van der Waals surface area contributed by atoms with Crippen molar-refractivity contribution in [1.82, 2.24) is 4.72 Å². The Balaban J connectivity index is 3.04. The molecule has 0 aromatic heterocycles. The summed E-state index contributed by atoms with van der Waals surface area (Å²) in [7, 11) is -3.90. The Morgan fingerprint density at radius 1 is 1.29 bits per heavy atom. The average Bonchev–Trinajstić information content (AvgIpc) is 2.46. The zero-order valence-corrected chi connectivity index (χ0v) is 16.1. The number of hydrogen-bond acceptors (Lipinski definition) is 5. The third kappa shape index (κ3) is 6.54. The number of ketones is 1. The number of ether oxygens (including phenoxy) is 1. The van der Waals surface area contributed by atoms with Crippen LogP contribution in [0.15, 0.2) is 39.7 Å². The van der Waals surface area contributed by atoms with E-state index in [4.69, 9.17) is 4.74 Å². The number of hydrogen-bond donors (Lipinski definition) is 1. The molecule has 0 aliphatic heterocycles. The summed E-state index contributed by atoms with van der Waals surface area (Å²) >= 11 is 3.17. The van der Waals surface area contributed by atoms with Crippen molar-refractivity contribution >= 4 is 37.7 Å². The lowest BCUT2D eigenvalue weighted by atomic mass is 10.2. The van der Waals surface area contributed by atoms with Crippen LogP contribution in [-0.4, -0.2) is 32.8 Å². The fourth-order valence-electron chi connectivity index (χ4n) is 1.86. The highest BCUT2D eigenvalue weighted by molar-refractivity contribution is 9.11. The van der Waals surface area contributed by atoms with Crippen LogP contribution in [0.4, 0.5) is 0 Å². The molecule has 0 aliphatic rings. The molecule has 0 heterocycles. The number of benzene rings is 1. The molecule has 0 bridgehead atoms. The standard InChI is InChI=1S/C16H20BrNO5S/c1-4-23-16(20)15(10-13(17)9-12(3)19)18-24(21,22)14-7-5-11(2)6-8-14/h5-9,15,18H,4,10H2,1-3H3/b13-9-. The van der Waals surface area contributed by atoms with Crippen molar-refractivity contribution in [2.45, 2.75) is 38.1 Å². The molecule has 0 aliphatic carbocycles. The number of sulfonamides is 1. The fraction of sp³-hybridized carbons (Fsp3) is 0.375. The van der Waals surface area contributed by atoms with Crippen molar-refractivity contribution in [2.24, 2.45) is 0 Å². The van der Waals surface area contributed by atoms with Gasteiger partial charge in [0.1, 0.15) is 6.04 Å². The van der Waals surface area contributed by atoms with Crippen LogP contribution < -0.4 is 4.72 Å². The first-order chi connectivity index (χ1) is 11.2. The zero-order valence-electron chi connectivity index (χ0n) is 13.7. The predicted molar refractivity (Wildman–Crippen MR) is 94.2 cm³/mol. The van der Waals surface area contributed by atoms with Crippen molar-refractivity contribution in [2.75, 3.05) is 6.61 Å². The molecule has 132 valence electrons. The molecule has 1 aromatic rings. The molecule has 0 saturated carbocycles. The van der Waals surface area contributed by atoms with E-state index in [1.807, 2.05) is 6.92 Å². The first-order valence-corrected chi connectivity index (χ1v) is 9.55. The van der Waals surface area contributed by atoms with Gasteiger partial charge in [-0.1, -0.05) is 33.6 Å². The molecule has 0 amide bonds. The summed E-state index contributed by atoms with van der Waals surface area (Å²) in [5.41, 5.74) is 0.919. The normalized spacial score (nSPS) is 13.4. The lowest BCUT2D eigenvalue weighted by molar-refractivity contribution is -0.145. The van der Waals surface area contributed by atoms with E-state index in [1.165, 1.54) is 25.1 Å². The van der Waals surface area contributed by atoms with Crippen molar-refractivity contribution in [3.8, 4) is 0 Å². The van der Waals surface area contributed by atoms with Crippen LogP contribution in [0.25, 0.3) is 0 Å². The Kier molecular flexibility index (Phi) is 7.78. The van der Waals surface area contributed by atoms with Crippen LogP contribution in [0.1, 0.15) is 25.8 Å². The Labute approximate surface area is 150 Å². The maximum Gasteiger partial charge on any atom is 0.324 e. The van der Waals surface area contributed by atoms with E-state index in [0.717, 1.165) is 5.56 Å². The molecule has 0 spiro atoms. The molecule has 0 fully saturated rings. The second-order valence-corrected chi connectivity index (χ2v) is 7.88. The number of allylic oxidation sites excluding steroid dienone is 1. The summed E-state index contributed by atoms with van der Waals surface area (Å²) in [5.74, 6) is -0.923. The Morgan fingerprint density at radius 3 is 2.38 bits per heavy atom. The van der Waals surface area contributed by atoms with Gasteiger partial charge in [0.2, 0.25) is 10.0 Å². The maximum atomic E-state index is 12.4. The van der Waals surface area contributed by atoms with E-state index in [1.54, 1.807) is 19.1 Å². The number of nitrogens with one attached hydrogen (secondary N) is 1. The van der Waals surface area contributed by atoms with Gasteiger partial charge in [0.15, 0.2) is 5.78 Å². The minimum absolute atomic E-state index is 0.0243. The number of esters is 1. The van der Waals surface area contributed by atoms with Crippen LogP contribution in [0.5, 0.6) is 0 Å². The van der Waals surface area contributed by atoms with Crippen LogP contribution in [0.2, 0.25) is 0 Å². The quantitative estimate of drug-likeness (QED) is 0.518. The number of rotatable bonds is 8. The Morgan fingerprint density at radius 2 is 1.88 bits per heavy atom. The van der Waals surface area contributed by atoms with E-state index in [-0.39, 0.29) is 23.7 Å². The number of carbonyl (C=O) groups is 2. The Hall–Kier alpha value is -1.51. The lowest BCUT2D eigenvalue weighted by Gasteiger charge is -2.17. The summed E-state index contributed by atoms with van der Waals surface area (Å²) in [6, 6.07) is 5.11. The first-order valence-electron chi connectivity index (χ1n) is 7.28. The number of aryl methyl sites for hydroxylation is 1. The molecule has 1 rings (SSSR count). The van der Waals surface area contributed by atoms with Gasteiger partial charge in [0.05, 0.1) is 11.5 Å². The molecule has 8 heteroatoms. The topological polar surface area (TPSA) is 89.5 Å². The highest BCUT2D eigenvalue weighted by Gasteiger charge is 2.27. The second-order valence-electron chi connectivity index (χ2n) is 5.14. The molecule has 1 aromatic carbocycles. The van der Waals surface area contributed by atoms with Gasteiger partial charge >= 0.3 is 5.97 Å². The van der Waals surface area contributed by atoms with Gasteiger partial charge in [0.25, 0.3) is 0 Å². The zero-order chi connectivity index (χ0) is 18.3. The summed E-state index contributed by atoms with van der Waals surface area (Å²) in [4.78, 5) is 23.2. The summed E-state index contributed by atoms with van der Waals surface area (Å²) in [5, 5.41) is 0. The van der Waals surface area contributed by atoms with Crippen molar-refractivity contribution < 1.29 is 22.7 Å². The minimum atomic E-state index is -3.90. The smallest absolute Gasteiger partial charge is 0.324 e. The van der Waals surface area contributed by atoms with Gasteiger partial charge in [-0.25, -0.2) is 8.42 Å². The van der Waals surface area contributed by atoms with Crippen molar-refractivity contribution in [3.63, 3.8) is 0 Å². The maximum absolute atomic E-state index is 12.4. The van der Waals surface area contributed by atoms with Crippen molar-refractivity contribution in [3.05, 3.63) is 40.4 Å². The largest absolute Gasteiger partial charge is 0.465 e. The molecule has 1 atom stereocenters. The fourth-order valence-corrected chi connectivity index (χ4v) is 3.69. The third-order valence-electron chi connectivity index (χ3n) is 2.96. The Bertz CT molecular complexity index is 725. The van der Waals surface area contributed by atoms with E-state index < -0.39 is 22.0 Å². The molecule has 1 N–H and O–H groups in total. The van der Waals surface area contributed by atoms with Gasteiger partial charge in [-0.3, -0.25) is 9.59 Å². The van der Waals surface area contributed by atoms with E-state index >= 15 is 0 Å². The van der Waals surface area contributed by atoms with Crippen LogP contribution in [0.3, 0.4) is 0 Å². The highest BCUT2D eigenvalue weighted by atomic mass is 79.9. The van der Waals surface area contributed by atoms with Gasteiger partial charge in [-0.15, -0.1) is 0 Å². The molecule has 24 heavy (non-hydrogen) atoms. The molecule has 6 nitrogen and oxygen atoms in total. The molecule has 0 radical (unpaired) electrons. The van der Waals surface area contributed by atoms with Crippen LogP contribution in [-0.2, 0) is 24.3 Å². The monoisotopic (exact) mass is 417 g/mol. The van der Waals surface area contributed by atoms with E-state index in [2.05, 4.69) is 20.7 Å². The molecular weight excluding hydrogens is 398 g/mol. The predicted octanol–water partition coefficient (Wildman–Crippen LogP) is 2.46. The highest BCUT2D eigenvalue weighted by Crippen LogP contribution is 2.17. The lowest BCUT2D eigenvalue weighted by Crippen LogP contribution is -2.41. The summed E-state index contributed by atoms with van der Waals surface area (Å²) < 4.78 is 32.5. The second kappa shape index (κ2) is 9.10. The van der Waals surface area contributed by atoms with Gasteiger partial charge in [-0.05, 0) is 39.0 Å². The van der Waals surface area contributed by atoms with Gasteiger partial charge in [0, 0.05) is 10.9 Å². The molecule has 1 unspecified atom stereocenters.